The number of nitro benzene ring substituents is 2. The van der Waals surface area contributed by atoms with Crippen molar-refractivity contribution in [3.63, 3.8) is 0 Å². The first-order valence-corrected chi connectivity index (χ1v) is 10.6. The van der Waals surface area contributed by atoms with E-state index in [1.807, 2.05) is 0 Å². The molecule has 0 aromatic heterocycles. The van der Waals surface area contributed by atoms with Crippen molar-refractivity contribution in [1.82, 2.24) is 5.32 Å². The fourth-order valence-electron chi connectivity index (χ4n) is 3.50. The monoisotopic (exact) mass is 994 g/mol. The molecule has 32 heavy (non-hydrogen) atoms. The minimum atomic E-state index is -0.515. The number of hydrogen-bond acceptors (Lipinski definition) is 6. The molecule has 4 rings (SSSR count). The van der Waals surface area contributed by atoms with Crippen LogP contribution in [0.5, 0.6) is 0 Å². The molecule has 0 bridgehead atoms. The Kier molecular flexibility index (Phi) is 13.0. The van der Waals surface area contributed by atoms with Crippen LogP contribution in [0.25, 0.3) is 11.1 Å². The zero-order valence-corrected chi connectivity index (χ0v) is 29.5. The third-order valence-corrected chi connectivity index (χ3v) is 6.44. The minimum Gasteiger partial charge on any atom is -0.693 e. The Labute approximate surface area is 273 Å². The molecule has 0 amide bonds. The predicted molar refractivity (Wildman–Crippen MR) is 121 cm³/mol. The Morgan fingerprint density at radius 1 is 0.969 bits per heavy atom. The number of fused-ring (bicyclic) bond motifs is 2. The van der Waals surface area contributed by atoms with Crippen molar-refractivity contribution in [3.8, 4) is 0 Å². The van der Waals surface area contributed by atoms with Crippen LogP contribution >= 0.6 is 31.9 Å². The SMILES string of the molecule is Nc1c([N+](=O)[O-])cc(Br)c2c1CCNC2.[Ac].[Ac].[NH-]c1c([N+](=O)[O-])cc(Br)c2c1CC[N-]C2. The number of rotatable bonds is 2. The third kappa shape index (κ3) is 6.84. The number of benzene rings is 2. The van der Waals surface area contributed by atoms with Crippen molar-refractivity contribution >= 4 is 54.6 Å². The number of anilines is 1. The summed E-state index contributed by atoms with van der Waals surface area (Å²) in [4.78, 5) is 20.5. The van der Waals surface area contributed by atoms with Crippen LogP contribution in [-0.4, -0.2) is 22.9 Å². The predicted octanol–water partition coefficient (Wildman–Crippen LogP) is 5.06. The smallest absolute Gasteiger partial charge is 0.293 e. The second-order valence-electron chi connectivity index (χ2n) is 6.75. The number of nitro groups is 2. The van der Waals surface area contributed by atoms with Gasteiger partial charge in [-0.3, -0.25) is 20.2 Å². The van der Waals surface area contributed by atoms with E-state index in [-0.39, 0.29) is 105 Å². The van der Waals surface area contributed by atoms with E-state index in [2.05, 4.69) is 42.5 Å². The van der Waals surface area contributed by atoms with Gasteiger partial charge >= 0.3 is 0 Å². The molecule has 2 heterocycles. The summed E-state index contributed by atoms with van der Waals surface area (Å²) in [5.41, 5.74) is 17.3. The van der Waals surface area contributed by atoms with Crippen LogP contribution in [0.1, 0.15) is 22.3 Å². The maximum atomic E-state index is 10.7. The van der Waals surface area contributed by atoms with E-state index in [0.29, 0.717) is 36.2 Å². The van der Waals surface area contributed by atoms with Crippen LogP contribution in [0.4, 0.5) is 22.7 Å². The van der Waals surface area contributed by atoms with Crippen LogP contribution in [0.15, 0.2) is 21.1 Å². The van der Waals surface area contributed by atoms with Crippen LogP contribution in [0, 0.1) is 108 Å². The molecule has 2 aromatic rings. The van der Waals surface area contributed by atoms with Crippen molar-refractivity contribution in [3.05, 3.63) is 74.6 Å². The largest absolute Gasteiger partial charge is 0.693 e. The molecule has 2 aromatic carbocycles. The normalized spacial score (nSPS) is 13.8. The molecule has 10 nitrogen and oxygen atoms in total. The molecule has 2 aliphatic heterocycles. The summed E-state index contributed by atoms with van der Waals surface area (Å²) in [6, 6.07) is 2.86. The quantitative estimate of drug-likeness (QED) is 0.243. The summed E-state index contributed by atoms with van der Waals surface area (Å²) in [5.74, 6) is 0. The Hall–Kier alpha value is 0.603. The molecular formula is C18H18Ac2Br2N6O4-2. The molecule has 0 unspecified atom stereocenters. The van der Waals surface area contributed by atoms with Gasteiger partial charge in [0.1, 0.15) is 5.69 Å². The Morgan fingerprint density at radius 2 is 1.56 bits per heavy atom. The van der Waals surface area contributed by atoms with Gasteiger partial charge in [-0.25, -0.2) is 0 Å². The first kappa shape index (κ1) is 30.6. The number of nitrogens with two attached hydrogens (primary N) is 1. The van der Waals surface area contributed by atoms with Gasteiger partial charge in [0.25, 0.3) is 11.4 Å². The van der Waals surface area contributed by atoms with E-state index in [0.717, 1.165) is 39.7 Å². The van der Waals surface area contributed by atoms with Crippen molar-refractivity contribution in [2.45, 2.75) is 25.9 Å². The van der Waals surface area contributed by atoms with Gasteiger partial charge in [0.15, 0.2) is 0 Å². The van der Waals surface area contributed by atoms with E-state index in [1.165, 1.54) is 12.1 Å². The molecule has 0 fully saturated rings. The van der Waals surface area contributed by atoms with Crippen molar-refractivity contribution in [2.75, 3.05) is 18.8 Å². The molecule has 2 radical (unpaired) electrons. The molecular weight excluding hydrogens is 978 g/mol. The number of halogens is 2. The maximum absolute atomic E-state index is 10.7. The van der Waals surface area contributed by atoms with E-state index in [1.54, 1.807) is 0 Å². The van der Waals surface area contributed by atoms with Crippen LogP contribution in [0.3, 0.4) is 0 Å². The van der Waals surface area contributed by atoms with E-state index in [9.17, 15) is 20.2 Å². The maximum Gasteiger partial charge on any atom is 0.293 e. The van der Waals surface area contributed by atoms with Crippen LogP contribution < -0.4 is 11.1 Å². The number of nitrogens with one attached hydrogen (secondary N) is 2. The van der Waals surface area contributed by atoms with Gasteiger partial charge in [-0.1, -0.05) is 48.7 Å². The van der Waals surface area contributed by atoms with Crippen molar-refractivity contribution in [1.29, 1.82) is 0 Å². The zero-order chi connectivity index (χ0) is 22.0. The molecule has 0 saturated carbocycles. The van der Waals surface area contributed by atoms with Gasteiger partial charge in [-0.15, -0.1) is 13.1 Å². The Balaban J connectivity index is 0.000000301. The second kappa shape index (κ2) is 13.6. The van der Waals surface area contributed by atoms with Crippen molar-refractivity contribution < 1.29 is 98.0 Å². The first-order valence-electron chi connectivity index (χ1n) is 9.00. The second-order valence-corrected chi connectivity index (χ2v) is 8.46. The van der Waals surface area contributed by atoms with Gasteiger partial charge < -0.3 is 22.1 Å². The molecule has 4 N–H and O–H groups in total. The topological polar surface area (TPSA) is 162 Å². The van der Waals surface area contributed by atoms with Gasteiger partial charge in [0.05, 0.1) is 9.85 Å². The van der Waals surface area contributed by atoms with Crippen molar-refractivity contribution in [2.24, 2.45) is 0 Å². The standard InChI is InChI=1S/C9H10BrN3O2.C9H8BrN3O2.2Ac/c2*10-7-3-8(13(14)15)9(11)5-1-2-12-4-6(5)7;;/h3,12H,1-2,4,11H2;3,11H,1-2,4H2;;/q;-2;;. The summed E-state index contributed by atoms with van der Waals surface area (Å²) in [6.45, 7) is 2.70. The summed E-state index contributed by atoms with van der Waals surface area (Å²) in [6.07, 6.45) is 1.36. The number of nitrogen functional groups attached to an aromatic ring is 1. The Bertz CT molecular complexity index is 960. The van der Waals surface area contributed by atoms with E-state index < -0.39 is 9.85 Å². The summed E-state index contributed by atoms with van der Waals surface area (Å²) < 4.78 is 1.44. The summed E-state index contributed by atoms with van der Waals surface area (Å²) in [5, 5.41) is 28.9. The molecule has 2 aliphatic rings. The average molecular weight is 996 g/mol. The van der Waals surface area contributed by atoms with Gasteiger partial charge in [0, 0.05) is 116 Å². The molecule has 0 spiro atoms. The molecule has 0 aliphatic carbocycles. The fraction of sp³-hybridized carbons (Fsp3) is 0.333. The Morgan fingerprint density at radius 3 is 2.19 bits per heavy atom. The molecule has 0 saturated heterocycles. The van der Waals surface area contributed by atoms with Gasteiger partial charge in [0.2, 0.25) is 0 Å². The van der Waals surface area contributed by atoms with Crippen LogP contribution in [-0.2, 0) is 25.9 Å². The fourth-order valence-corrected chi connectivity index (χ4v) is 4.68. The minimum absolute atomic E-state index is 0. The molecule has 14 heteroatoms. The first-order chi connectivity index (χ1) is 14.2. The van der Waals surface area contributed by atoms with Crippen LogP contribution in [0.2, 0.25) is 0 Å². The van der Waals surface area contributed by atoms with Gasteiger partial charge in [-0.2, -0.15) is 0 Å². The van der Waals surface area contributed by atoms with E-state index in [4.69, 9.17) is 11.5 Å². The summed E-state index contributed by atoms with van der Waals surface area (Å²) >= 11 is 6.62. The third-order valence-electron chi connectivity index (χ3n) is 5.03. The number of nitrogens with zero attached hydrogens (tertiary/aromatic N) is 3. The summed E-state index contributed by atoms with van der Waals surface area (Å²) in [7, 11) is 0. The van der Waals surface area contributed by atoms with E-state index >= 15 is 0 Å². The molecule has 0 atom stereocenters. The van der Waals surface area contributed by atoms with Gasteiger partial charge in [-0.05, 0) is 30.5 Å². The number of hydrogen-bond donors (Lipinski definition) is 2. The zero-order valence-electron chi connectivity index (χ0n) is 16.9. The molecule has 166 valence electrons. The average Bonchev–Trinajstić information content (AvgIpc) is 2.73.